The maximum absolute atomic E-state index is 5.93. The van der Waals surface area contributed by atoms with Gasteiger partial charge in [0.15, 0.2) is 5.96 Å². The quantitative estimate of drug-likeness (QED) is 0.269. The Morgan fingerprint density at radius 1 is 1.20 bits per heavy atom. The van der Waals surface area contributed by atoms with Crippen molar-refractivity contribution < 1.29 is 9.47 Å². The summed E-state index contributed by atoms with van der Waals surface area (Å²) < 4.78 is 13.2. The average molecular weight is 523 g/mol. The molecule has 1 atom stereocenters. The molecule has 7 nitrogen and oxygen atoms in total. The molecule has 0 radical (unpaired) electrons. The molecule has 0 saturated carbocycles. The molecule has 0 aliphatic rings. The number of imidazole rings is 1. The number of ether oxygens (including phenoxy) is 2. The highest BCUT2D eigenvalue weighted by atomic mass is 127. The molecule has 2 aromatic heterocycles. The number of halogens is 1. The number of rotatable bonds is 8. The van der Waals surface area contributed by atoms with E-state index in [1.807, 2.05) is 43.5 Å². The SMILES string of the molecule is CN=C(NCCc1cn2cccc(C)c2n1)NCC(C)Oc1cccc(OC)c1.I. The summed E-state index contributed by atoms with van der Waals surface area (Å²) >= 11 is 0. The number of aryl methyl sites for hydroxylation is 1. The van der Waals surface area contributed by atoms with Crippen LogP contribution in [0, 0.1) is 6.92 Å². The Labute approximate surface area is 194 Å². The first kappa shape index (κ1) is 23.8. The van der Waals surface area contributed by atoms with Crippen LogP contribution in [0.25, 0.3) is 5.65 Å². The maximum atomic E-state index is 5.93. The first-order valence-corrected chi connectivity index (χ1v) is 9.77. The molecule has 0 aliphatic carbocycles. The van der Waals surface area contributed by atoms with Crippen LogP contribution in [-0.4, -0.2) is 48.7 Å². The summed E-state index contributed by atoms with van der Waals surface area (Å²) in [6.07, 6.45) is 4.89. The van der Waals surface area contributed by atoms with Crippen molar-refractivity contribution in [3.8, 4) is 11.5 Å². The van der Waals surface area contributed by atoms with E-state index in [0.717, 1.165) is 41.8 Å². The van der Waals surface area contributed by atoms with E-state index in [4.69, 9.17) is 14.5 Å². The van der Waals surface area contributed by atoms with Crippen molar-refractivity contribution in [2.24, 2.45) is 4.99 Å². The molecule has 8 heteroatoms. The van der Waals surface area contributed by atoms with Crippen LogP contribution in [0.4, 0.5) is 0 Å². The molecular formula is C22H30IN5O2. The van der Waals surface area contributed by atoms with Gasteiger partial charge in [0.25, 0.3) is 0 Å². The summed E-state index contributed by atoms with van der Waals surface area (Å²) in [5.74, 6) is 2.30. The lowest BCUT2D eigenvalue weighted by molar-refractivity contribution is 0.223. The first-order chi connectivity index (χ1) is 14.1. The molecule has 0 amide bonds. The van der Waals surface area contributed by atoms with Crippen molar-refractivity contribution >= 4 is 35.6 Å². The van der Waals surface area contributed by atoms with Gasteiger partial charge in [0.2, 0.25) is 0 Å². The molecule has 3 aromatic rings. The Morgan fingerprint density at radius 2 is 2.00 bits per heavy atom. The van der Waals surface area contributed by atoms with E-state index < -0.39 is 0 Å². The molecule has 0 bridgehead atoms. The molecule has 0 saturated heterocycles. The predicted octanol–water partition coefficient (Wildman–Crippen LogP) is 3.44. The molecule has 1 unspecified atom stereocenters. The molecule has 162 valence electrons. The minimum absolute atomic E-state index is 0. The number of nitrogens with one attached hydrogen (secondary N) is 2. The van der Waals surface area contributed by atoms with Crippen LogP contribution in [-0.2, 0) is 6.42 Å². The number of hydrogen-bond donors (Lipinski definition) is 2. The number of aliphatic imine (C=N–C) groups is 1. The number of guanidine groups is 1. The second-order valence-corrected chi connectivity index (χ2v) is 6.89. The Morgan fingerprint density at radius 3 is 2.73 bits per heavy atom. The average Bonchev–Trinajstić information content (AvgIpc) is 3.15. The van der Waals surface area contributed by atoms with Crippen LogP contribution in [0.3, 0.4) is 0 Å². The first-order valence-electron chi connectivity index (χ1n) is 9.77. The lowest BCUT2D eigenvalue weighted by Crippen LogP contribution is -2.42. The van der Waals surface area contributed by atoms with Crippen molar-refractivity contribution in [3.05, 3.63) is 60.0 Å². The third-order valence-electron chi connectivity index (χ3n) is 4.56. The van der Waals surface area contributed by atoms with Gasteiger partial charge in [-0.2, -0.15) is 0 Å². The number of pyridine rings is 1. The van der Waals surface area contributed by atoms with Gasteiger partial charge in [0.05, 0.1) is 19.3 Å². The molecule has 0 spiro atoms. The number of hydrogen-bond acceptors (Lipinski definition) is 4. The third kappa shape index (κ3) is 6.51. The molecule has 3 rings (SSSR count). The highest BCUT2D eigenvalue weighted by Gasteiger charge is 2.08. The summed E-state index contributed by atoms with van der Waals surface area (Å²) in [6.45, 7) is 5.46. The van der Waals surface area contributed by atoms with Gasteiger partial charge >= 0.3 is 0 Å². The molecular weight excluding hydrogens is 493 g/mol. The van der Waals surface area contributed by atoms with Crippen LogP contribution < -0.4 is 20.1 Å². The Bertz CT molecular complexity index is 973. The molecule has 30 heavy (non-hydrogen) atoms. The standard InChI is InChI=1S/C22H29N5O2.HI/c1-16-7-6-12-27-15-18(26-21(16)27)10-11-24-22(23-3)25-14-17(2)29-20-9-5-8-19(13-20)28-4;/h5-9,12-13,15,17H,10-11,14H2,1-4H3,(H2,23,24,25);1H. The largest absolute Gasteiger partial charge is 0.497 e. The second-order valence-electron chi connectivity index (χ2n) is 6.89. The third-order valence-corrected chi connectivity index (χ3v) is 4.56. The number of benzene rings is 1. The molecule has 1 aromatic carbocycles. The maximum Gasteiger partial charge on any atom is 0.191 e. The molecule has 0 fully saturated rings. The van der Waals surface area contributed by atoms with E-state index in [1.54, 1.807) is 14.2 Å². The van der Waals surface area contributed by atoms with E-state index in [0.29, 0.717) is 6.54 Å². The lowest BCUT2D eigenvalue weighted by atomic mass is 10.3. The van der Waals surface area contributed by atoms with Crippen molar-refractivity contribution in [2.75, 3.05) is 27.2 Å². The topological polar surface area (TPSA) is 72.2 Å². The van der Waals surface area contributed by atoms with Crippen molar-refractivity contribution in [3.63, 3.8) is 0 Å². The summed E-state index contributed by atoms with van der Waals surface area (Å²) in [6, 6.07) is 11.7. The van der Waals surface area contributed by atoms with Crippen LogP contribution in [0.1, 0.15) is 18.2 Å². The van der Waals surface area contributed by atoms with Crippen LogP contribution in [0.15, 0.2) is 53.8 Å². The summed E-state index contributed by atoms with van der Waals surface area (Å²) in [5.41, 5.74) is 3.24. The monoisotopic (exact) mass is 523 g/mol. The van der Waals surface area contributed by atoms with Crippen molar-refractivity contribution in [1.29, 1.82) is 0 Å². The number of methoxy groups -OCH3 is 1. The van der Waals surface area contributed by atoms with Gasteiger partial charge in [-0.3, -0.25) is 4.99 Å². The summed E-state index contributed by atoms with van der Waals surface area (Å²) in [5, 5.41) is 6.63. The summed E-state index contributed by atoms with van der Waals surface area (Å²) in [7, 11) is 3.41. The van der Waals surface area contributed by atoms with Gasteiger partial charge in [0.1, 0.15) is 23.3 Å². The Hall–Kier alpha value is -2.49. The van der Waals surface area contributed by atoms with E-state index in [1.165, 1.54) is 5.56 Å². The highest BCUT2D eigenvalue weighted by Crippen LogP contribution is 2.19. The fourth-order valence-electron chi connectivity index (χ4n) is 3.04. The number of fused-ring (bicyclic) bond motifs is 1. The van der Waals surface area contributed by atoms with Crippen molar-refractivity contribution in [2.45, 2.75) is 26.4 Å². The van der Waals surface area contributed by atoms with Crippen LogP contribution >= 0.6 is 24.0 Å². The van der Waals surface area contributed by atoms with Crippen molar-refractivity contribution in [1.82, 2.24) is 20.0 Å². The Kier molecular flexibility index (Phi) is 9.22. The number of nitrogens with zero attached hydrogens (tertiary/aromatic N) is 3. The lowest BCUT2D eigenvalue weighted by Gasteiger charge is -2.18. The molecule has 2 N–H and O–H groups in total. The van der Waals surface area contributed by atoms with Gasteiger partial charge in [-0.15, -0.1) is 24.0 Å². The summed E-state index contributed by atoms with van der Waals surface area (Å²) in [4.78, 5) is 8.98. The second kappa shape index (κ2) is 11.6. The van der Waals surface area contributed by atoms with Crippen LogP contribution in [0.2, 0.25) is 0 Å². The van der Waals surface area contributed by atoms with E-state index >= 15 is 0 Å². The zero-order chi connectivity index (χ0) is 20.6. The smallest absolute Gasteiger partial charge is 0.191 e. The zero-order valence-electron chi connectivity index (χ0n) is 17.9. The van der Waals surface area contributed by atoms with Gasteiger partial charge in [-0.25, -0.2) is 4.98 Å². The highest BCUT2D eigenvalue weighted by molar-refractivity contribution is 14.0. The zero-order valence-corrected chi connectivity index (χ0v) is 20.2. The predicted molar refractivity (Wildman–Crippen MR) is 131 cm³/mol. The minimum atomic E-state index is -0.0259. The van der Waals surface area contributed by atoms with E-state index in [9.17, 15) is 0 Å². The van der Waals surface area contributed by atoms with E-state index in [-0.39, 0.29) is 30.1 Å². The Balaban J connectivity index is 0.00000320. The minimum Gasteiger partial charge on any atom is -0.497 e. The van der Waals surface area contributed by atoms with E-state index in [2.05, 4.69) is 39.2 Å². The van der Waals surface area contributed by atoms with Crippen LogP contribution in [0.5, 0.6) is 11.5 Å². The van der Waals surface area contributed by atoms with Gasteiger partial charge < -0.3 is 24.5 Å². The molecule has 0 aliphatic heterocycles. The normalized spacial score (nSPS) is 12.2. The molecule has 2 heterocycles. The van der Waals surface area contributed by atoms with Gasteiger partial charge in [-0.05, 0) is 37.6 Å². The fraction of sp³-hybridized carbons (Fsp3) is 0.364. The fourth-order valence-corrected chi connectivity index (χ4v) is 3.04. The van der Waals surface area contributed by atoms with Gasteiger partial charge in [-0.1, -0.05) is 12.1 Å². The van der Waals surface area contributed by atoms with Gasteiger partial charge in [0, 0.05) is 38.5 Å². The number of aromatic nitrogens is 2.